The number of pyridine rings is 1. The molecule has 0 radical (unpaired) electrons. The molecule has 1 unspecified atom stereocenters. The average Bonchev–Trinajstić information content (AvgIpc) is 3.06. The third-order valence-electron chi connectivity index (χ3n) is 4.56. The first kappa shape index (κ1) is 16.9. The van der Waals surface area contributed by atoms with Gasteiger partial charge in [0.05, 0.1) is 10.9 Å². The van der Waals surface area contributed by atoms with Crippen LogP contribution in [-0.4, -0.2) is 38.3 Å². The molecule has 0 spiro atoms. The summed E-state index contributed by atoms with van der Waals surface area (Å²) in [5.74, 6) is 0. The van der Waals surface area contributed by atoms with Crippen LogP contribution >= 0.6 is 0 Å². The Labute approximate surface area is 144 Å². The van der Waals surface area contributed by atoms with Gasteiger partial charge in [0.25, 0.3) is 0 Å². The van der Waals surface area contributed by atoms with Gasteiger partial charge in [0.1, 0.15) is 0 Å². The summed E-state index contributed by atoms with van der Waals surface area (Å²) in [5.41, 5.74) is 2.99. The lowest BCUT2D eigenvalue weighted by Crippen LogP contribution is -2.31. The molecule has 0 amide bonds. The number of hydrogen-bond donors (Lipinski definition) is 0. The van der Waals surface area contributed by atoms with Gasteiger partial charge in [-0.25, -0.2) is 8.42 Å². The molecular weight excluding hydrogens is 322 g/mol. The maximum Gasteiger partial charge on any atom is 0.243 e. The minimum atomic E-state index is -3.52. The van der Waals surface area contributed by atoms with Crippen molar-refractivity contribution in [2.45, 2.75) is 30.7 Å². The number of rotatable bonds is 4. The highest BCUT2D eigenvalue weighted by atomic mass is 32.2. The van der Waals surface area contributed by atoms with Gasteiger partial charge in [0.15, 0.2) is 0 Å². The van der Waals surface area contributed by atoms with E-state index in [4.69, 9.17) is 0 Å². The van der Waals surface area contributed by atoms with Crippen LogP contribution in [0.25, 0.3) is 0 Å². The molecular formula is C18H23N3O2S. The van der Waals surface area contributed by atoms with Gasteiger partial charge in [-0.3, -0.25) is 4.98 Å². The number of aryl methyl sites for hydroxylation is 1. The number of benzene rings is 1. The minimum absolute atomic E-state index is 0.109. The standard InChI is InChI=1S/C18H23N3O2S/c1-14-6-7-16(13-18(14)20(2)3)24(22,23)21-12-4-5-17(21)15-8-10-19-11-9-15/h6-11,13,17H,4-5,12H2,1-3H3. The topological polar surface area (TPSA) is 53.5 Å². The summed E-state index contributed by atoms with van der Waals surface area (Å²) in [6, 6.07) is 9.05. The highest BCUT2D eigenvalue weighted by Gasteiger charge is 2.36. The van der Waals surface area contributed by atoms with Gasteiger partial charge in [-0.15, -0.1) is 0 Å². The molecule has 2 aromatic rings. The van der Waals surface area contributed by atoms with Crippen molar-refractivity contribution in [3.8, 4) is 0 Å². The molecule has 5 nitrogen and oxygen atoms in total. The fourth-order valence-corrected chi connectivity index (χ4v) is 5.02. The Morgan fingerprint density at radius 2 is 1.88 bits per heavy atom. The molecule has 0 bridgehead atoms. The average molecular weight is 345 g/mol. The third kappa shape index (κ3) is 3.03. The number of sulfonamides is 1. The zero-order valence-corrected chi connectivity index (χ0v) is 15.1. The van der Waals surface area contributed by atoms with Crippen LogP contribution in [0.1, 0.15) is 30.0 Å². The van der Waals surface area contributed by atoms with Crippen LogP contribution in [0.4, 0.5) is 5.69 Å². The Morgan fingerprint density at radius 1 is 1.17 bits per heavy atom. The van der Waals surface area contributed by atoms with Crippen LogP contribution in [0.15, 0.2) is 47.6 Å². The van der Waals surface area contributed by atoms with Gasteiger partial charge >= 0.3 is 0 Å². The molecule has 1 fully saturated rings. The lowest BCUT2D eigenvalue weighted by Gasteiger charge is -2.25. The van der Waals surface area contributed by atoms with Crippen LogP contribution < -0.4 is 4.90 Å². The fraction of sp³-hybridized carbons (Fsp3) is 0.389. The highest BCUT2D eigenvalue weighted by molar-refractivity contribution is 7.89. The van der Waals surface area contributed by atoms with Crippen LogP contribution in [0.5, 0.6) is 0 Å². The van der Waals surface area contributed by atoms with Gasteiger partial charge in [-0.2, -0.15) is 4.31 Å². The smallest absolute Gasteiger partial charge is 0.243 e. The molecule has 24 heavy (non-hydrogen) atoms. The minimum Gasteiger partial charge on any atom is -0.377 e. The molecule has 1 aromatic heterocycles. The van der Waals surface area contributed by atoms with Crippen molar-refractivity contribution in [2.75, 3.05) is 25.5 Å². The Hall–Kier alpha value is -1.92. The first-order valence-corrected chi connectivity index (χ1v) is 9.55. The normalized spacial score (nSPS) is 18.7. The molecule has 1 aliphatic rings. The maximum atomic E-state index is 13.2. The molecule has 1 aromatic carbocycles. The Balaban J connectivity index is 2.00. The Kier molecular flexibility index (Phi) is 4.60. The first-order valence-electron chi connectivity index (χ1n) is 8.11. The molecule has 1 aliphatic heterocycles. The molecule has 0 aliphatic carbocycles. The lowest BCUT2D eigenvalue weighted by atomic mass is 10.1. The molecule has 6 heteroatoms. The number of hydrogen-bond acceptors (Lipinski definition) is 4. The lowest BCUT2D eigenvalue weighted by molar-refractivity contribution is 0.396. The van der Waals surface area contributed by atoms with Crippen molar-refractivity contribution in [3.63, 3.8) is 0 Å². The summed E-state index contributed by atoms with van der Waals surface area (Å²) in [6.07, 6.45) is 5.15. The summed E-state index contributed by atoms with van der Waals surface area (Å²) >= 11 is 0. The summed E-state index contributed by atoms with van der Waals surface area (Å²) < 4.78 is 28.0. The van der Waals surface area contributed by atoms with E-state index in [0.717, 1.165) is 29.7 Å². The molecule has 128 valence electrons. The Bertz CT molecular complexity index is 819. The Morgan fingerprint density at radius 3 is 2.54 bits per heavy atom. The number of nitrogens with zero attached hydrogens (tertiary/aromatic N) is 3. The number of anilines is 1. The van der Waals surface area contributed by atoms with Crippen molar-refractivity contribution in [1.82, 2.24) is 9.29 Å². The largest absolute Gasteiger partial charge is 0.377 e. The highest BCUT2D eigenvalue weighted by Crippen LogP contribution is 2.37. The van der Waals surface area contributed by atoms with E-state index in [0.29, 0.717) is 11.4 Å². The monoisotopic (exact) mass is 345 g/mol. The van der Waals surface area contributed by atoms with Crippen molar-refractivity contribution in [2.24, 2.45) is 0 Å². The quantitative estimate of drug-likeness (QED) is 0.855. The van der Waals surface area contributed by atoms with E-state index >= 15 is 0 Å². The molecule has 0 saturated carbocycles. The zero-order chi connectivity index (χ0) is 17.3. The molecule has 3 rings (SSSR count). The molecule has 2 heterocycles. The van der Waals surface area contributed by atoms with E-state index < -0.39 is 10.0 Å². The molecule has 1 saturated heterocycles. The van der Waals surface area contributed by atoms with Crippen LogP contribution in [0, 0.1) is 6.92 Å². The second kappa shape index (κ2) is 6.53. The van der Waals surface area contributed by atoms with E-state index in [1.54, 1.807) is 28.8 Å². The zero-order valence-electron chi connectivity index (χ0n) is 14.3. The SMILES string of the molecule is Cc1ccc(S(=O)(=O)N2CCCC2c2ccncc2)cc1N(C)C. The predicted octanol–water partition coefficient (Wildman–Crippen LogP) is 2.98. The summed E-state index contributed by atoms with van der Waals surface area (Å²) in [6.45, 7) is 2.54. The van der Waals surface area contributed by atoms with Gasteiger partial charge in [0, 0.05) is 38.7 Å². The van der Waals surface area contributed by atoms with E-state index in [9.17, 15) is 8.42 Å². The second-order valence-electron chi connectivity index (χ2n) is 6.40. The van der Waals surface area contributed by atoms with Crippen molar-refractivity contribution in [3.05, 3.63) is 53.9 Å². The van der Waals surface area contributed by atoms with Gasteiger partial charge < -0.3 is 4.90 Å². The van der Waals surface area contributed by atoms with Gasteiger partial charge in [-0.1, -0.05) is 6.07 Å². The van der Waals surface area contributed by atoms with Crippen molar-refractivity contribution in [1.29, 1.82) is 0 Å². The van der Waals surface area contributed by atoms with Crippen LogP contribution in [-0.2, 0) is 10.0 Å². The van der Waals surface area contributed by atoms with Crippen molar-refractivity contribution < 1.29 is 8.42 Å². The second-order valence-corrected chi connectivity index (χ2v) is 8.29. The molecule has 0 N–H and O–H groups in total. The van der Waals surface area contributed by atoms with E-state index in [-0.39, 0.29) is 6.04 Å². The number of aromatic nitrogens is 1. The first-order chi connectivity index (χ1) is 11.4. The van der Waals surface area contributed by atoms with Crippen molar-refractivity contribution >= 4 is 15.7 Å². The van der Waals surface area contributed by atoms with Gasteiger partial charge in [0.2, 0.25) is 10.0 Å². The fourth-order valence-electron chi connectivity index (χ4n) is 3.31. The van der Waals surface area contributed by atoms with E-state index in [2.05, 4.69) is 4.98 Å². The molecule has 1 atom stereocenters. The summed E-state index contributed by atoms with van der Waals surface area (Å²) in [5, 5.41) is 0. The van der Waals surface area contributed by atoms with E-state index in [1.807, 2.05) is 44.1 Å². The summed E-state index contributed by atoms with van der Waals surface area (Å²) in [4.78, 5) is 6.33. The van der Waals surface area contributed by atoms with Crippen LogP contribution in [0.3, 0.4) is 0 Å². The van der Waals surface area contributed by atoms with E-state index in [1.165, 1.54) is 0 Å². The van der Waals surface area contributed by atoms with Crippen LogP contribution in [0.2, 0.25) is 0 Å². The third-order valence-corrected chi connectivity index (χ3v) is 6.47. The maximum absolute atomic E-state index is 13.2. The van der Waals surface area contributed by atoms with Gasteiger partial charge in [-0.05, 0) is 55.2 Å². The summed E-state index contributed by atoms with van der Waals surface area (Å²) in [7, 11) is 0.327. The predicted molar refractivity (Wildman–Crippen MR) is 95.6 cm³/mol.